The van der Waals surface area contributed by atoms with Crippen LogP contribution in [0.3, 0.4) is 0 Å². The van der Waals surface area contributed by atoms with Crippen molar-refractivity contribution in [1.82, 2.24) is 4.90 Å². The van der Waals surface area contributed by atoms with Crippen molar-refractivity contribution < 1.29 is 13.5 Å². The topological polar surface area (TPSA) is 83.6 Å². The highest BCUT2D eigenvalue weighted by atomic mass is 32.2. The van der Waals surface area contributed by atoms with Crippen LogP contribution in [-0.2, 0) is 9.84 Å². The van der Waals surface area contributed by atoms with E-state index in [4.69, 9.17) is 5.73 Å². The number of nitrogens with two attached hydrogens (primary N) is 1. The number of hydrogen-bond acceptors (Lipinski definition) is 5. The first-order chi connectivity index (χ1) is 6.35. The molecule has 0 bridgehead atoms. The molecule has 0 radical (unpaired) electrons. The van der Waals surface area contributed by atoms with Crippen LogP contribution in [0, 0.1) is 0 Å². The van der Waals surface area contributed by atoms with Gasteiger partial charge < -0.3 is 10.8 Å². The van der Waals surface area contributed by atoms with Crippen LogP contribution in [0.2, 0.25) is 0 Å². The number of sulfone groups is 1. The Morgan fingerprint density at radius 2 is 1.93 bits per heavy atom. The molecule has 3 N–H and O–H groups in total. The lowest BCUT2D eigenvalue weighted by molar-refractivity contribution is 0.0299. The minimum absolute atomic E-state index is 0.188. The average molecular weight is 222 g/mol. The molecule has 0 aromatic rings. The summed E-state index contributed by atoms with van der Waals surface area (Å²) in [6.07, 6.45) is 0. The quantitative estimate of drug-likeness (QED) is 0.602. The molecule has 0 spiro atoms. The van der Waals surface area contributed by atoms with Crippen LogP contribution in [0.4, 0.5) is 0 Å². The summed E-state index contributed by atoms with van der Waals surface area (Å²) in [6.45, 7) is 3.29. The largest absolute Gasteiger partial charge is 0.388 e. The second-order valence-electron chi connectivity index (χ2n) is 4.13. The van der Waals surface area contributed by atoms with Gasteiger partial charge in [-0.3, -0.25) is 4.90 Å². The fraction of sp³-hybridized carbons (Fsp3) is 1.00. The third-order valence-corrected chi connectivity index (χ3v) is 4.05. The van der Waals surface area contributed by atoms with Crippen molar-refractivity contribution in [3.63, 3.8) is 0 Å². The van der Waals surface area contributed by atoms with Crippen molar-refractivity contribution in [2.45, 2.75) is 12.5 Å². The Kier molecular flexibility index (Phi) is 3.52. The van der Waals surface area contributed by atoms with Gasteiger partial charge in [-0.25, -0.2) is 8.42 Å². The molecular weight excluding hydrogens is 204 g/mol. The average Bonchev–Trinajstić information content (AvgIpc) is 2.09. The molecule has 0 aromatic heterocycles. The maximum absolute atomic E-state index is 11.1. The molecule has 1 rings (SSSR count). The fourth-order valence-corrected chi connectivity index (χ4v) is 2.73. The minimum atomic E-state index is -2.83. The second-order valence-corrected chi connectivity index (χ2v) is 6.43. The van der Waals surface area contributed by atoms with Gasteiger partial charge >= 0.3 is 0 Å². The monoisotopic (exact) mass is 222 g/mol. The number of aliphatic hydroxyl groups is 1. The van der Waals surface area contributed by atoms with Crippen molar-refractivity contribution in [1.29, 1.82) is 0 Å². The van der Waals surface area contributed by atoms with Gasteiger partial charge in [0, 0.05) is 26.2 Å². The van der Waals surface area contributed by atoms with Crippen molar-refractivity contribution in [3.05, 3.63) is 0 Å². The van der Waals surface area contributed by atoms with Crippen LogP contribution in [-0.4, -0.2) is 61.7 Å². The lowest BCUT2D eigenvalue weighted by Gasteiger charge is -2.32. The second kappa shape index (κ2) is 4.14. The standard InChI is InChI=1S/C8H18N2O3S/c1-8(11,6-9)7-10-2-4-14(12,13)5-3-10/h11H,2-7,9H2,1H3. The van der Waals surface area contributed by atoms with E-state index in [0.29, 0.717) is 19.6 Å². The van der Waals surface area contributed by atoms with Gasteiger partial charge in [0.1, 0.15) is 0 Å². The first-order valence-corrected chi connectivity index (χ1v) is 6.52. The van der Waals surface area contributed by atoms with Gasteiger partial charge in [-0.05, 0) is 6.92 Å². The summed E-state index contributed by atoms with van der Waals surface area (Å²) in [4.78, 5) is 1.94. The van der Waals surface area contributed by atoms with Gasteiger partial charge in [-0.1, -0.05) is 0 Å². The molecule has 0 aliphatic carbocycles. The van der Waals surface area contributed by atoms with E-state index in [9.17, 15) is 13.5 Å². The Balaban J connectivity index is 2.44. The predicted octanol–water partition coefficient (Wildman–Crippen LogP) is -1.57. The number of hydrogen-bond donors (Lipinski definition) is 2. The zero-order valence-electron chi connectivity index (χ0n) is 8.44. The summed E-state index contributed by atoms with van der Waals surface area (Å²) in [7, 11) is -2.83. The van der Waals surface area contributed by atoms with E-state index in [1.54, 1.807) is 6.92 Å². The van der Waals surface area contributed by atoms with Gasteiger partial charge in [0.25, 0.3) is 0 Å². The van der Waals surface area contributed by atoms with Crippen LogP contribution in [0.1, 0.15) is 6.92 Å². The van der Waals surface area contributed by atoms with E-state index in [-0.39, 0.29) is 18.1 Å². The number of rotatable bonds is 3. The summed E-state index contributed by atoms with van der Waals surface area (Å²) in [5, 5.41) is 9.69. The van der Waals surface area contributed by atoms with Crippen molar-refractivity contribution in [2.24, 2.45) is 5.73 Å². The van der Waals surface area contributed by atoms with Gasteiger partial charge in [0.15, 0.2) is 9.84 Å². The van der Waals surface area contributed by atoms with Crippen LogP contribution < -0.4 is 5.73 Å². The first kappa shape index (κ1) is 11.9. The van der Waals surface area contributed by atoms with Crippen LogP contribution in [0.15, 0.2) is 0 Å². The number of nitrogens with zero attached hydrogens (tertiary/aromatic N) is 1. The van der Waals surface area contributed by atoms with Crippen molar-refractivity contribution >= 4 is 9.84 Å². The Morgan fingerprint density at radius 3 is 2.36 bits per heavy atom. The predicted molar refractivity (Wildman–Crippen MR) is 54.8 cm³/mol. The van der Waals surface area contributed by atoms with Gasteiger partial charge in [0.05, 0.1) is 17.1 Å². The summed E-state index contributed by atoms with van der Waals surface area (Å²) in [6, 6.07) is 0. The zero-order valence-corrected chi connectivity index (χ0v) is 9.26. The van der Waals surface area contributed by atoms with Crippen LogP contribution in [0.5, 0.6) is 0 Å². The molecule has 1 unspecified atom stereocenters. The van der Waals surface area contributed by atoms with E-state index in [1.165, 1.54) is 0 Å². The molecule has 0 saturated carbocycles. The smallest absolute Gasteiger partial charge is 0.152 e. The van der Waals surface area contributed by atoms with Crippen molar-refractivity contribution in [3.8, 4) is 0 Å². The van der Waals surface area contributed by atoms with Crippen molar-refractivity contribution in [2.75, 3.05) is 37.7 Å². The molecule has 1 fully saturated rings. The summed E-state index contributed by atoms with van der Waals surface area (Å²) < 4.78 is 22.2. The lowest BCUT2D eigenvalue weighted by Crippen LogP contribution is -2.50. The van der Waals surface area contributed by atoms with E-state index in [1.807, 2.05) is 4.90 Å². The van der Waals surface area contributed by atoms with E-state index in [0.717, 1.165) is 0 Å². The maximum Gasteiger partial charge on any atom is 0.152 e. The van der Waals surface area contributed by atoms with Gasteiger partial charge in [-0.2, -0.15) is 0 Å². The van der Waals surface area contributed by atoms with Crippen LogP contribution >= 0.6 is 0 Å². The Bertz CT molecular complexity index is 273. The highest BCUT2D eigenvalue weighted by molar-refractivity contribution is 7.91. The molecule has 1 aliphatic heterocycles. The van der Waals surface area contributed by atoms with Gasteiger partial charge in [0.2, 0.25) is 0 Å². The highest BCUT2D eigenvalue weighted by Gasteiger charge is 2.27. The summed E-state index contributed by atoms with van der Waals surface area (Å²) in [5.41, 5.74) is 4.47. The highest BCUT2D eigenvalue weighted by Crippen LogP contribution is 2.09. The van der Waals surface area contributed by atoms with E-state index in [2.05, 4.69) is 0 Å². The molecule has 14 heavy (non-hydrogen) atoms. The number of β-amino-alcohol motifs (C(OH)–C–C–N with tert-alkyl or cyclic N) is 1. The molecule has 1 heterocycles. The summed E-state index contributed by atoms with van der Waals surface area (Å²) in [5.74, 6) is 0.376. The Hall–Kier alpha value is -0.170. The molecule has 84 valence electrons. The van der Waals surface area contributed by atoms with Crippen LogP contribution in [0.25, 0.3) is 0 Å². The molecular formula is C8H18N2O3S. The molecule has 6 heteroatoms. The van der Waals surface area contributed by atoms with E-state index >= 15 is 0 Å². The zero-order chi connectivity index (χ0) is 10.8. The SMILES string of the molecule is CC(O)(CN)CN1CCS(=O)(=O)CC1. The maximum atomic E-state index is 11.1. The van der Waals surface area contributed by atoms with Gasteiger partial charge in [-0.15, -0.1) is 0 Å². The van der Waals surface area contributed by atoms with E-state index < -0.39 is 15.4 Å². The molecule has 5 nitrogen and oxygen atoms in total. The first-order valence-electron chi connectivity index (χ1n) is 4.70. The third kappa shape index (κ3) is 3.53. The molecule has 1 atom stereocenters. The third-order valence-electron chi connectivity index (χ3n) is 2.44. The molecule has 1 saturated heterocycles. The summed E-state index contributed by atoms with van der Waals surface area (Å²) >= 11 is 0. The Morgan fingerprint density at radius 1 is 1.43 bits per heavy atom. The molecule has 0 aromatic carbocycles. The molecule has 0 amide bonds. The molecule has 1 aliphatic rings. The Labute approximate surface area is 84.8 Å². The normalized spacial score (nSPS) is 27.1. The minimum Gasteiger partial charge on any atom is -0.388 e. The lowest BCUT2D eigenvalue weighted by atomic mass is 10.1. The fourth-order valence-electron chi connectivity index (χ4n) is 1.45.